The Morgan fingerprint density at radius 2 is 1.72 bits per heavy atom. The van der Waals surface area contributed by atoms with E-state index in [4.69, 9.17) is 15.1 Å². The predicted octanol–water partition coefficient (Wildman–Crippen LogP) is 4.76. The van der Waals surface area contributed by atoms with Crippen molar-refractivity contribution in [1.29, 1.82) is 0 Å². The first-order valence-electron chi connectivity index (χ1n) is 9.66. The predicted molar refractivity (Wildman–Crippen MR) is 112 cm³/mol. The van der Waals surface area contributed by atoms with Gasteiger partial charge in [0.15, 0.2) is 5.82 Å². The Bertz CT molecular complexity index is 1150. The van der Waals surface area contributed by atoms with Crippen molar-refractivity contribution < 1.29 is 0 Å². The normalized spacial score (nSPS) is 13.6. The van der Waals surface area contributed by atoms with Gasteiger partial charge in [0.2, 0.25) is 5.16 Å². The molecule has 29 heavy (non-hydrogen) atoms. The quantitative estimate of drug-likeness (QED) is 0.450. The number of hydrogen-bond acceptors (Lipinski definition) is 6. The molecule has 1 aromatic carbocycles. The van der Waals surface area contributed by atoms with Gasteiger partial charge in [0.05, 0.1) is 5.69 Å². The fourth-order valence-electron chi connectivity index (χ4n) is 3.11. The Kier molecular flexibility index (Phi) is 4.60. The van der Waals surface area contributed by atoms with E-state index < -0.39 is 0 Å². The van der Waals surface area contributed by atoms with E-state index in [-0.39, 0.29) is 0 Å². The number of aromatic nitrogens is 6. The molecule has 3 aromatic heterocycles. The molecule has 0 bridgehead atoms. The first-order valence-corrected chi connectivity index (χ1v) is 10.5. The third-order valence-electron chi connectivity index (χ3n) is 4.98. The highest BCUT2D eigenvalue weighted by molar-refractivity contribution is 7.99. The van der Waals surface area contributed by atoms with Gasteiger partial charge in [-0.25, -0.2) is 19.6 Å². The molecule has 0 unspecified atom stereocenters. The molecule has 0 amide bonds. The van der Waals surface area contributed by atoms with E-state index in [2.05, 4.69) is 22.1 Å². The van der Waals surface area contributed by atoms with E-state index in [0.717, 1.165) is 33.5 Å². The van der Waals surface area contributed by atoms with Gasteiger partial charge >= 0.3 is 0 Å². The SMILES string of the molecule is Cc1nc(-c2ccccn2)nc(Sc2nc(C3CC3)n(-c3ccccc3)n2)c1C. The zero-order valence-corrected chi connectivity index (χ0v) is 17.1. The number of pyridine rings is 1. The van der Waals surface area contributed by atoms with Crippen LogP contribution in [-0.2, 0) is 0 Å². The van der Waals surface area contributed by atoms with Crippen molar-refractivity contribution in [2.45, 2.75) is 42.8 Å². The van der Waals surface area contributed by atoms with Crippen molar-refractivity contribution in [3.05, 3.63) is 71.8 Å². The van der Waals surface area contributed by atoms with Crippen LogP contribution in [0.3, 0.4) is 0 Å². The Morgan fingerprint density at radius 3 is 2.45 bits per heavy atom. The second-order valence-corrected chi connectivity index (χ2v) is 8.11. The molecule has 3 heterocycles. The average molecular weight is 401 g/mol. The molecule has 0 radical (unpaired) electrons. The summed E-state index contributed by atoms with van der Waals surface area (Å²) in [7, 11) is 0. The fraction of sp³-hybridized carbons (Fsp3) is 0.227. The third kappa shape index (κ3) is 3.65. The summed E-state index contributed by atoms with van der Waals surface area (Å²) in [5.74, 6) is 2.16. The fourth-order valence-corrected chi connectivity index (χ4v) is 3.98. The van der Waals surface area contributed by atoms with Crippen LogP contribution in [0.4, 0.5) is 0 Å². The van der Waals surface area contributed by atoms with Crippen LogP contribution < -0.4 is 0 Å². The largest absolute Gasteiger partial charge is 0.253 e. The summed E-state index contributed by atoms with van der Waals surface area (Å²) >= 11 is 1.49. The lowest BCUT2D eigenvalue weighted by atomic mass is 10.2. The summed E-state index contributed by atoms with van der Waals surface area (Å²) in [6.07, 6.45) is 4.10. The summed E-state index contributed by atoms with van der Waals surface area (Å²) in [5.41, 5.74) is 3.78. The van der Waals surface area contributed by atoms with Gasteiger partial charge in [0.1, 0.15) is 16.5 Å². The van der Waals surface area contributed by atoms with E-state index in [0.29, 0.717) is 16.9 Å². The highest BCUT2D eigenvalue weighted by Gasteiger charge is 2.30. The molecule has 5 rings (SSSR count). The number of para-hydroxylation sites is 1. The minimum Gasteiger partial charge on any atom is -0.253 e. The number of nitrogens with zero attached hydrogens (tertiary/aromatic N) is 6. The van der Waals surface area contributed by atoms with Crippen LogP contribution >= 0.6 is 11.8 Å². The molecule has 7 heteroatoms. The van der Waals surface area contributed by atoms with Gasteiger partial charge < -0.3 is 0 Å². The molecule has 1 aliphatic rings. The number of aryl methyl sites for hydroxylation is 1. The van der Waals surface area contributed by atoms with Gasteiger partial charge in [-0.15, -0.1) is 5.10 Å². The molecule has 0 aliphatic heterocycles. The monoisotopic (exact) mass is 400 g/mol. The minimum absolute atomic E-state index is 0.495. The van der Waals surface area contributed by atoms with Crippen molar-refractivity contribution in [1.82, 2.24) is 29.7 Å². The van der Waals surface area contributed by atoms with Crippen LogP contribution in [0.5, 0.6) is 0 Å². The molecule has 144 valence electrons. The number of hydrogen-bond donors (Lipinski definition) is 0. The Labute approximate surface area is 173 Å². The van der Waals surface area contributed by atoms with Crippen molar-refractivity contribution in [3.8, 4) is 17.2 Å². The molecule has 1 saturated carbocycles. The summed E-state index contributed by atoms with van der Waals surface area (Å²) in [6, 6.07) is 15.9. The van der Waals surface area contributed by atoms with Gasteiger partial charge in [-0.3, -0.25) is 4.98 Å². The molecule has 4 aromatic rings. The number of rotatable bonds is 5. The van der Waals surface area contributed by atoms with Gasteiger partial charge in [0.25, 0.3) is 0 Å². The average Bonchev–Trinajstić information content (AvgIpc) is 3.52. The van der Waals surface area contributed by atoms with Gasteiger partial charge in [-0.1, -0.05) is 24.3 Å². The van der Waals surface area contributed by atoms with Crippen LogP contribution in [0, 0.1) is 13.8 Å². The lowest BCUT2D eigenvalue weighted by Gasteiger charge is -2.08. The summed E-state index contributed by atoms with van der Waals surface area (Å²) in [5, 5.41) is 6.38. The first-order chi connectivity index (χ1) is 14.2. The Balaban J connectivity index is 1.53. The van der Waals surface area contributed by atoms with E-state index >= 15 is 0 Å². The highest BCUT2D eigenvalue weighted by atomic mass is 32.2. The Hall–Kier alpha value is -3.06. The lowest BCUT2D eigenvalue weighted by molar-refractivity contribution is 0.782. The maximum Gasteiger partial charge on any atom is 0.215 e. The first kappa shape index (κ1) is 18.0. The number of benzene rings is 1. The van der Waals surface area contributed by atoms with Crippen LogP contribution in [0.15, 0.2) is 64.9 Å². The highest BCUT2D eigenvalue weighted by Crippen LogP contribution is 2.41. The molecule has 0 saturated heterocycles. The van der Waals surface area contributed by atoms with Gasteiger partial charge in [-0.2, -0.15) is 0 Å². The summed E-state index contributed by atoms with van der Waals surface area (Å²) < 4.78 is 1.98. The molecule has 1 fully saturated rings. The smallest absolute Gasteiger partial charge is 0.215 e. The molecule has 1 aliphatic carbocycles. The van der Waals surface area contributed by atoms with E-state index in [9.17, 15) is 0 Å². The van der Waals surface area contributed by atoms with Crippen LogP contribution in [0.25, 0.3) is 17.2 Å². The molecule has 0 atom stereocenters. The van der Waals surface area contributed by atoms with Crippen molar-refractivity contribution in [3.63, 3.8) is 0 Å². The molecule has 0 N–H and O–H groups in total. The standard InChI is InChI=1S/C22H20N6S/c1-14-15(2)24-19(18-10-6-7-13-23-18)25-21(14)29-22-26-20(16-11-12-16)28(27-22)17-8-4-3-5-9-17/h3-10,13,16H,11-12H2,1-2H3. The molecule has 0 spiro atoms. The zero-order chi connectivity index (χ0) is 19.8. The zero-order valence-electron chi connectivity index (χ0n) is 16.3. The molecule has 6 nitrogen and oxygen atoms in total. The topological polar surface area (TPSA) is 69.4 Å². The van der Waals surface area contributed by atoms with Crippen molar-refractivity contribution in [2.75, 3.05) is 0 Å². The molecular formula is C22H20N6S. The maximum absolute atomic E-state index is 4.86. The van der Waals surface area contributed by atoms with Crippen LogP contribution in [0.1, 0.15) is 35.8 Å². The lowest BCUT2D eigenvalue weighted by Crippen LogP contribution is -2.01. The Morgan fingerprint density at radius 1 is 0.931 bits per heavy atom. The summed E-state index contributed by atoms with van der Waals surface area (Å²) in [4.78, 5) is 18.6. The van der Waals surface area contributed by atoms with Crippen LogP contribution in [-0.4, -0.2) is 29.7 Å². The molecular weight excluding hydrogens is 380 g/mol. The maximum atomic E-state index is 4.86. The second kappa shape index (κ2) is 7.40. The van der Waals surface area contributed by atoms with E-state index in [1.54, 1.807) is 6.20 Å². The van der Waals surface area contributed by atoms with Crippen molar-refractivity contribution in [2.24, 2.45) is 0 Å². The van der Waals surface area contributed by atoms with Gasteiger partial charge in [-0.05, 0) is 62.7 Å². The minimum atomic E-state index is 0.495. The van der Waals surface area contributed by atoms with E-state index in [1.165, 1.54) is 24.6 Å². The summed E-state index contributed by atoms with van der Waals surface area (Å²) in [6.45, 7) is 4.04. The van der Waals surface area contributed by atoms with Gasteiger partial charge in [0, 0.05) is 23.4 Å². The van der Waals surface area contributed by atoms with Crippen molar-refractivity contribution >= 4 is 11.8 Å². The van der Waals surface area contributed by atoms with Crippen LogP contribution in [0.2, 0.25) is 0 Å². The second-order valence-electron chi connectivity index (χ2n) is 7.15. The third-order valence-corrected chi connectivity index (χ3v) is 5.93. The van der Waals surface area contributed by atoms with E-state index in [1.807, 2.05) is 54.9 Å².